The molecule has 1 rings (SSSR count). The van der Waals surface area contributed by atoms with Gasteiger partial charge in [0.1, 0.15) is 6.29 Å². The fourth-order valence-corrected chi connectivity index (χ4v) is 3.16. The summed E-state index contributed by atoms with van der Waals surface area (Å²) in [6.45, 7) is 7.02. The minimum atomic E-state index is 0.768. The largest absolute Gasteiger partial charge is 0.303 e. The molecular weight excluding hydrogens is 184 g/mol. The first kappa shape index (κ1) is 12.7. The Kier molecular flexibility index (Phi) is 5.35. The van der Waals surface area contributed by atoms with E-state index in [4.69, 9.17) is 0 Å². The lowest BCUT2D eigenvalue weighted by atomic mass is 9.71. The first-order valence-corrected chi connectivity index (χ1v) is 6.57. The second kappa shape index (κ2) is 6.30. The Morgan fingerprint density at radius 3 is 2.60 bits per heavy atom. The van der Waals surface area contributed by atoms with E-state index in [9.17, 15) is 4.79 Å². The SMILES string of the molecule is CC(C)C[C@@H]1CC[C@H](CCC=O)[C@@H](C)C1. The van der Waals surface area contributed by atoms with Crippen LogP contribution < -0.4 is 0 Å². The normalized spacial score (nSPS) is 31.9. The Balaban J connectivity index is 2.30. The van der Waals surface area contributed by atoms with Crippen molar-refractivity contribution in [2.24, 2.45) is 23.7 Å². The van der Waals surface area contributed by atoms with Gasteiger partial charge in [0.2, 0.25) is 0 Å². The van der Waals surface area contributed by atoms with Crippen molar-refractivity contribution >= 4 is 6.29 Å². The first-order valence-electron chi connectivity index (χ1n) is 6.57. The van der Waals surface area contributed by atoms with Crippen LogP contribution in [0.15, 0.2) is 0 Å². The maximum atomic E-state index is 10.4. The molecule has 0 aromatic heterocycles. The molecule has 0 aliphatic heterocycles. The molecule has 1 nitrogen and oxygen atoms in total. The van der Waals surface area contributed by atoms with Crippen LogP contribution in [0, 0.1) is 23.7 Å². The van der Waals surface area contributed by atoms with Crippen molar-refractivity contribution in [2.75, 3.05) is 0 Å². The predicted octanol–water partition coefficient (Wildman–Crippen LogP) is 4.06. The lowest BCUT2D eigenvalue weighted by Gasteiger charge is -2.34. The van der Waals surface area contributed by atoms with Crippen LogP contribution in [0.5, 0.6) is 0 Å². The maximum Gasteiger partial charge on any atom is 0.120 e. The van der Waals surface area contributed by atoms with Gasteiger partial charge in [0, 0.05) is 6.42 Å². The van der Waals surface area contributed by atoms with Crippen LogP contribution in [-0.4, -0.2) is 6.29 Å². The molecule has 0 aromatic rings. The van der Waals surface area contributed by atoms with E-state index in [1.165, 1.54) is 25.7 Å². The highest BCUT2D eigenvalue weighted by atomic mass is 16.1. The van der Waals surface area contributed by atoms with Crippen LogP contribution in [0.1, 0.15) is 59.3 Å². The number of carbonyl (C=O) groups is 1. The molecule has 3 atom stereocenters. The fraction of sp³-hybridized carbons (Fsp3) is 0.929. The zero-order valence-electron chi connectivity index (χ0n) is 10.5. The van der Waals surface area contributed by atoms with E-state index in [0.29, 0.717) is 0 Å². The minimum Gasteiger partial charge on any atom is -0.303 e. The highest BCUT2D eigenvalue weighted by molar-refractivity contribution is 5.49. The van der Waals surface area contributed by atoms with Crippen LogP contribution in [0.25, 0.3) is 0 Å². The minimum absolute atomic E-state index is 0.768. The van der Waals surface area contributed by atoms with Crippen molar-refractivity contribution in [3.63, 3.8) is 0 Å². The van der Waals surface area contributed by atoms with Gasteiger partial charge < -0.3 is 4.79 Å². The van der Waals surface area contributed by atoms with Gasteiger partial charge in [0.25, 0.3) is 0 Å². The monoisotopic (exact) mass is 210 g/mol. The second-order valence-electron chi connectivity index (χ2n) is 5.79. The van der Waals surface area contributed by atoms with Gasteiger partial charge in [-0.3, -0.25) is 0 Å². The van der Waals surface area contributed by atoms with E-state index in [1.54, 1.807) is 0 Å². The van der Waals surface area contributed by atoms with E-state index < -0.39 is 0 Å². The predicted molar refractivity (Wildman–Crippen MR) is 64.7 cm³/mol. The molecule has 1 aliphatic carbocycles. The zero-order valence-corrected chi connectivity index (χ0v) is 10.5. The summed E-state index contributed by atoms with van der Waals surface area (Å²) in [7, 11) is 0. The molecule has 15 heavy (non-hydrogen) atoms. The third kappa shape index (κ3) is 4.36. The van der Waals surface area contributed by atoms with Gasteiger partial charge in [0.15, 0.2) is 0 Å². The lowest BCUT2D eigenvalue weighted by molar-refractivity contribution is -0.108. The maximum absolute atomic E-state index is 10.4. The van der Waals surface area contributed by atoms with Gasteiger partial charge in [-0.2, -0.15) is 0 Å². The Morgan fingerprint density at radius 1 is 1.33 bits per heavy atom. The van der Waals surface area contributed by atoms with Crippen LogP contribution in [0.3, 0.4) is 0 Å². The van der Waals surface area contributed by atoms with Gasteiger partial charge in [-0.05, 0) is 49.4 Å². The highest BCUT2D eigenvalue weighted by Gasteiger charge is 2.27. The molecule has 1 fully saturated rings. The molecule has 0 N–H and O–H groups in total. The quantitative estimate of drug-likeness (QED) is 0.625. The molecule has 0 radical (unpaired) electrons. The number of carbonyl (C=O) groups excluding carboxylic acids is 1. The summed E-state index contributed by atoms with van der Waals surface area (Å²) >= 11 is 0. The molecule has 1 aliphatic rings. The summed E-state index contributed by atoms with van der Waals surface area (Å²) in [5, 5.41) is 0. The van der Waals surface area contributed by atoms with E-state index in [1.807, 2.05) is 0 Å². The highest BCUT2D eigenvalue weighted by Crippen LogP contribution is 2.38. The van der Waals surface area contributed by atoms with Crippen LogP contribution in [0.2, 0.25) is 0 Å². The molecule has 0 heterocycles. The number of aldehydes is 1. The molecule has 88 valence electrons. The molecule has 1 saturated carbocycles. The standard InChI is InChI=1S/C14H26O/c1-11(2)9-13-6-7-14(5-4-8-15)12(3)10-13/h8,11-14H,4-7,9-10H2,1-3H3/t12-,13-,14-/m0/s1. The fourth-order valence-electron chi connectivity index (χ4n) is 3.16. The van der Waals surface area contributed by atoms with Crippen molar-refractivity contribution in [1.29, 1.82) is 0 Å². The third-order valence-electron chi connectivity index (χ3n) is 3.92. The van der Waals surface area contributed by atoms with Crippen molar-refractivity contribution in [3.8, 4) is 0 Å². The molecule has 0 amide bonds. The third-order valence-corrected chi connectivity index (χ3v) is 3.92. The molecule has 1 heteroatoms. The van der Waals surface area contributed by atoms with Gasteiger partial charge >= 0.3 is 0 Å². The average molecular weight is 210 g/mol. The summed E-state index contributed by atoms with van der Waals surface area (Å²) in [5.41, 5.74) is 0. The van der Waals surface area contributed by atoms with E-state index in [0.717, 1.165) is 42.8 Å². The Labute approximate surface area is 94.6 Å². The zero-order chi connectivity index (χ0) is 11.3. The summed E-state index contributed by atoms with van der Waals surface area (Å²) < 4.78 is 0. The second-order valence-corrected chi connectivity index (χ2v) is 5.79. The summed E-state index contributed by atoms with van der Waals surface area (Å²) in [6.07, 6.45) is 8.50. The van der Waals surface area contributed by atoms with Crippen molar-refractivity contribution in [2.45, 2.75) is 59.3 Å². The van der Waals surface area contributed by atoms with E-state index in [2.05, 4.69) is 20.8 Å². The molecule has 0 aromatic carbocycles. The Bertz CT molecular complexity index is 186. The van der Waals surface area contributed by atoms with Gasteiger partial charge in [-0.15, -0.1) is 0 Å². The summed E-state index contributed by atoms with van der Waals surface area (Å²) in [4.78, 5) is 10.4. The van der Waals surface area contributed by atoms with Gasteiger partial charge in [-0.1, -0.05) is 27.2 Å². The Morgan fingerprint density at radius 2 is 2.07 bits per heavy atom. The van der Waals surface area contributed by atoms with Gasteiger partial charge in [0.05, 0.1) is 0 Å². The van der Waals surface area contributed by atoms with Crippen molar-refractivity contribution in [3.05, 3.63) is 0 Å². The molecule has 0 spiro atoms. The average Bonchev–Trinajstić information content (AvgIpc) is 2.15. The summed E-state index contributed by atoms with van der Waals surface area (Å²) in [6, 6.07) is 0. The van der Waals surface area contributed by atoms with Crippen LogP contribution in [-0.2, 0) is 4.79 Å². The van der Waals surface area contributed by atoms with Gasteiger partial charge in [-0.25, -0.2) is 0 Å². The summed E-state index contributed by atoms with van der Waals surface area (Å²) in [5.74, 6) is 3.45. The van der Waals surface area contributed by atoms with E-state index >= 15 is 0 Å². The van der Waals surface area contributed by atoms with Crippen molar-refractivity contribution in [1.82, 2.24) is 0 Å². The lowest BCUT2D eigenvalue weighted by Crippen LogP contribution is -2.23. The number of hydrogen-bond acceptors (Lipinski definition) is 1. The van der Waals surface area contributed by atoms with Crippen LogP contribution in [0.4, 0.5) is 0 Å². The first-order chi connectivity index (χ1) is 7.13. The van der Waals surface area contributed by atoms with Crippen LogP contribution >= 0.6 is 0 Å². The number of rotatable bonds is 5. The molecule has 0 bridgehead atoms. The number of hydrogen-bond donors (Lipinski definition) is 0. The molecule has 0 unspecified atom stereocenters. The molecule has 0 saturated heterocycles. The van der Waals surface area contributed by atoms with E-state index in [-0.39, 0.29) is 0 Å². The topological polar surface area (TPSA) is 17.1 Å². The smallest absolute Gasteiger partial charge is 0.120 e. The molecular formula is C14H26O. The Hall–Kier alpha value is -0.330. The van der Waals surface area contributed by atoms with Crippen molar-refractivity contribution < 1.29 is 4.79 Å².